The van der Waals surface area contributed by atoms with Crippen molar-refractivity contribution >= 4 is 17.8 Å². The Balaban J connectivity index is 1.40. The lowest BCUT2D eigenvalue weighted by Crippen LogP contribution is -2.48. The molecule has 1 saturated carbocycles. The number of carbonyl (C=O) groups is 2. The predicted octanol–water partition coefficient (Wildman–Crippen LogP) is 2.57. The molecule has 3 aliphatic rings. The molecule has 3 heterocycles. The van der Waals surface area contributed by atoms with Gasteiger partial charge in [0.15, 0.2) is 0 Å². The minimum absolute atomic E-state index is 0.00479. The molecule has 2 aromatic rings. The van der Waals surface area contributed by atoms with Gasteiger partial charge in [0.05, 0.1) is 5.41 Å². The molecule has 0 unspecified atom stereocenters. The number of nitrogens with zero attached hydrogens (tertiary/aromatic N) is 4. The van der Waals surface area contributed by atoms with Crippen LogP contribution >= 0.6 is 0 Å². The lowest BCUT2D eigenvalue weighted by Gasteiger charge is -2.32. The number of benzene rings is 1. The molecule has 1 N–H and O–H groups in total. The first-order valence-corrected chi connectivity index (χ1v) is 11.6. The number of hydrogen-bond acceptors (Lipinski definition) is 6. The average molecular weight is 438 g/mol. The van der Waals surface area contributed by atoms with Crippen LogP contribution in [-0.4, -0.2) is 59.6 Å². The fraction of sp³-hybridized carbons (Fsp3) is 0.583. The monoisotopic (exact) mass is 437 g/mol. The van der Waals surface area contributed by atoms with Crippen LogP contribution in [0.3, 0.4) is 0 Å². The van der Waals surface area contributed by atoms with Crippen LogP contribution in [0.15, 0.2) is 28.7 Å². The summed E-state index contributed by atoms with van der Waals surface area (Å²) in [5.41, 5.74) is 1.22. The van der Waals surface area contributed by atoms with E-state index in [2.05, 4.69) is 15.5 Å². The molecule has 1 aromatic carbocycles. The van der Waals surface area contributed by atoms with E-state index in [1.165, 1.54) is 12.8 Å². The summed E-state index contributed by atoms with van der Waals surface area (Å²) in [5.74, 6) is 1.28. The van der Waals surface area contributed by atoms with Crippen molar-refractivity contribution in [3.63, 3.8) is 0 Å². The third kappa shape index (κ3) is 3.98. The molecule has 0 radical (unpaired) electrons. The van der Waals surface area contributed by atoms with Gasteiger partial charge < -0.3 is 19.5 Å². The Morgan fingerprint density at radius 1 is 1.22 bits per heavy atom. The summed E-state index contributed by atoms with van der Waals surface area (Å²) in [6.07, 6.45) is 3.93. The second-order valence-electron chi connectivity index (χ2n) is 9.71. The second kappa shape index (κ2) is 8.22. The van der Waals surface area contributed by atoms with Crippen molar-refractivity contribution in [2.75, 3.05) is 37.6 Å². The number of rotatable bonds is 5. The maximum absolute atomic E-state index is 13.6. The van der Waals surface area contributed by atoms with Gasteiger partial charge in [0.25, 0.3) is 5.91 Å². The Bertz CT molecular complexity index is 1020. The van der Waals surface area contributed by atoms with E-state index in [-0.39, 0.29) is 17.7 Å². The number of fused-ring (bicyclic) bond motifs is 1. The third-order valence-corrected chi connectivity index (χ3v) is 7.23. The van der Waals surface area contributed by atoms with Crippen molar-refractivity contribution in [1.82, 2.24) is 20.4 Å². The van der Waals surface area contributed by atoms with Crippen LogP contribution in [0.5, 0.6) is 0 Å². The summed E-state index contributed by atoms with van der Waals surface area (Å²) in [5, 5.41) is 11.4. The number of anilines is 1. The van der Waals surface area contributed by atoms with Crippen LogP contribution in [0, 0.1) is 31.1 Å². The van der Waals surface area contributed by atoms with Gasteiger partial charge >= 0.3 is 6.01 Å². The number of likely N-dealkylation sites (tertiary alicyclic amines) is 1. The van der Waals surface area contributed by atoms with E-state index in [0.717, 1.165) is 24.9 Å². The van der Waals surface area contributed by atoms with Crippen LogP contribution in [-0.2, 0) is 4.79 Å². The number of aromatic nitrogens is 2. The van der Waals surface area contributed by atoms with Crippen molar-refractivity contribution in [2.24, 2.45) is 17.3 Å². The van der Waals surface area contributed by atoms with E-state index in [4.69, 9.17) is 4.42 Å². The number of hydrogen-bond donors (Lipinski definition) is 1. The zero-order valence-corrected chi connectivity index (χ0v) is 18.8. The fourth-order valence-electron chi connectivity index (χ4n) is 5.24. The quantitative estimate of drug-likeness (QED) is 0.773. The standard InChI is InChI=1S/C24H31N5O3/c1-16-5-3-6-19(11-16)21(30)28-10-4-9-24(22(31)25-12-18-7-8-18)15-29(14-20(24)13-28)23-27-26-17(2)32-23/h3,5-6,11,18,20H,4,7-10,12-15H2,1-2H3,(H,25,31)/t20-,24-/m1/s1. The molecule has 2 amide bonds. The molecule has 32 heavy (non-hydrogen) atoms. The maximum atomic E-state index is 13.6. The van der Waals surface area contributed by atoms with Gasteiger partial charge in [-0.05, 0) is 50.7 Å². The Hall–Kier alpha value is -2.90. The first-order valence-electron chi connectivity index (χ1n) is 11.6. The van der Waals surface area contributed by atoms with E-state index in [0.29, 0.717) is 49.6 Å². The molecular formula is C24H31N5O3. The Labute approximate surface area is 188 Å². The van der Waals surface area contributed by atoms with Gasteiger partial charge in [-0.25, -0.2) is 0 Å². The first kappa shape index (κ1) is 21.0. The molecule has 3 fully saturated rings. The molecule has 1 aliphatic carbocycles. The van der Waals surface area contributed by atoms with Gasteiger partial charge in [0, 0.05) is 51.1 Å². The Morgan fingerprint density at radius 2 is 2.06 bits per heavy atom. The van der Waals surface area contributed by atoms with Gasteiger partial charge in [-0.15, -0.1) is 5.10 Å². The van der Waals surface area contributed by atoms with Gasteiger partial charge in [-0.1, -0.05) is 22.8 Å². The van der Waals surface area contributed by atoms with Gasteiger partial charge in [-0.3, -0.25) is 9.59 Å². The smallest absolute Gasteiger partial charge is 0.318 e. The number of aryl methyl sites for hydroxylation is 2. The summed E-state index contributed by atoms with van der Waals surface area (Å²) in [6.45, 7) is 6.89. The average Bonchev–Trinajstić information content (AvgIpc) is 3.45. The fourth-order valence-corrected chi connectivity index (χ4v) is 5.24. The summed E-state index contributed by atoms with van der Waals surface area (Å²) >= 11 is 0. The van der Waals surface area contributed by atoms with Gasteiger partial charge in [0.1, 0.15) is 0 Å². The molecule has 2 aliphatic heterocycles. The predicted molar refractivity (Wildman–Crippen MR) is 119 cm³/mol. The van der Waals surface area contributed by atoms with Crippen LogP contribution < -0.4 is 10.2 Å². The molecule has 8 nitrogen and oxygen atoms in total. The van der Waals surface area contributed by atoms with Gasteiger partial charge in [0.2, 0.25) is 11.8 Å². The highest BCUT2D eigenvalue weighted by molar-refractivity contribution is 5.94. The summed E-state index contributed by atoms with van der Waals surface area (Å²) in [4.78, 5) is 30.8. The van der Waals surface area contributed by atoms with Crippen LogP contribution in [0.1, 0.15) is 47.5 Å². The summed E-state index contributed by atoms with van der Waals surface area (Å²) in [7, 11) is 0. The normalized spacial score (nSPS) is 25.4. The first-order chi connectivity index (χ1) is 15.4. The number of amides is 2. The van der Waals surface area contributed by atoms with Crippen LogP contribution in [0.2, 0.25) is 0 Å². The topological polar surface area (TPSA) is 91.6 Å². The zero-order chi connectivity index (χ0) is 22.3. The van der Waals surface area contributed by atoms with Crippen molar-refractivity contribution < 1.29 is 14.0 Å². The highest BCUT2D eigenvalue weighted by Gasteiger charge is 2.54. The van der Waals surface area contributed by atoms with Crippen molar-refractivity contribution in [2.45, 2.75) is 39.5 Å². The molecule has 5 rings (SSSR count). The highest BCUT2D eigenvalue weighted by Crippen LogP contribution is 2.44. The molecule has 1 aromatic heterocycles. The highest BCUT2D eigenvalue weighted by atomic mass is 16.4. The molecular weight excluding hydrogens is 406 g/mol. The molecule has 0 spiro atoms. The van der Waals surface area contributed by atoms with E-state index >= 15 is 0 Å². The minimum atomic E-state index is -0.557. The number of carbonyl (C=O) groups excluding carboxylic acids is 2. The second-order valence-corrected chi connectivity index (χ2v) is 9.71. The van der Waals surface area contributed by atoms with Crippen LogP contribution in [0.4, 0.5) is 6.01 Å². The maximum Gasteiger partial charge on any atom is 0.318 e. The van der Waals surface area contributed by atoms with Crippen molar-refractivity contribution in [1.29, 1.82) is 0 Å². The number of nitrogens with one attached hydrogen (secondary N) is 1. The Morgan fingerprint density at radius 3 is 2.78 bits per heavy atom. The van der Waals surface area contributed by atoms with Gasteiger partial charge in [-0.2, -0.15) is 0 Å². The van der Waals surface area contributed by atoms with Crippen molar-refractivity contribution in [3.8, 4) is 0 Å². The van der Waals surface area contributed by atoms with E-state index in [9.17, 15) is 9.59 Å². The summed E-state index contributed by atoms with van der Waals surface area (Å²) < 4.78 is 5.69. The lowest BCUT2D eigenvalue weighted by atomic mass is 9.74. The lowest BCUT2D eigenvalue weighted by molar-refractivity contribution is -0.132. The summed E-state index contributed by atoms with van der Waals surface area (Å²) in [6, 6.07) is 8.19. The molecule has 170 valence electrons. The van der Waals surface area contributed by atoms with Crippen LogP contribution in [0.25, 0.3) is 0 Å². The largest absolute Gasteiger partial charge is 0.408 e. The molecule has 2 atom stereocenters. The molecule has 2 saturated heterocycles. The van der Waals surface area contributed by atoms with E-state index in [1.807, 2.05) is 41.0 Å². The third-order valence-electron chi connectivity index (χ3n) is 7.23. The zero-order valence-electron chi connectivity index (χ0n) is 18.8. The molecule has 8 heteroatoms. The van der Waals surface area contributed by atoms with Crippen molar-refractivity contribution in [3.05, 3.63) is 41.3 Å². The van der Waals surface area contributed by atoms with E-state index in [1.54, 1.807) is 6.92 Å². The molecule has 0 bridgehead atoms. The van der Waals surface area contributed by atoms with E-state index < -0.39 is 5.41 Å². The SMILES string of the molecule is Cc1cccc(C(=O)N2CCC[C@@]3(C(=O)NCC4CC4)CN(c4nnc(C)o4)C[C@H]3C2)c1. The Kier molecular flexibility index (Phi) is 5.39. The minimum Gasteiger partial charge on any atom is -0.408 e.